The summed E-state index contributed by atoms with van der Waals surface area (Å²) in [5.74, 6) is 1.74. The maximum absolute atomic E-state index is 13.5. The Kier molecular flexibility index (Phi) is 8.29. The van der Waals surface area contributed by atoms with Gasteiger partial charge in [0.15, 0.2) is 11.6 Å². The number of nitrogens with two attached hydrogens (primary N) is 1. The van der Waals surface area contributed by atoms with E-state index in [2.05, 4.69) is 51.8 Å². The van der Waals surface area contributed by atoms with Crippen LogP contribution >= 0.6 is 11.3 Å². The number of thiophene rings is 1. The molecule has 0 spiro atoms. The number of carbonyl (C=O) groups is 1. The number of hydrogen-bond acceptors (Lipinski definition) is 11. The first-order valence-electron chi connectivity index (χ1n) is 14.4. The van der Waals surface area contributed by atoms with Crippen LogP contribution in [0, 0.1) is 6.92 Å². The van der Waals surface area contributed by atoms with Gasteiger partial charge in [0.25, 0.3) is 5.91 Å². The first kappa shape index (κ1) is 28.4. The molecule has 6 rings (SSSR count). The number of rotatable bonds is 7. The van der Waals surface area contributed by atoms with Crippen LogP contribution in [-0.4, -0.2) is 120 Å². The molecule has 2 aliphatic heterocycles. The van der Waals surface area contributed by atoms with Crippen LogP contribution in [0.1, 0.15) is 15.9 Å². The third-order valence-electron chi connectivity index (χ3n) is 7.88. The van der Waals surface area contributed by atoms with E-state index in [9.17, 15) is 4.79 Å². The Morgan fingerprint density at radius 1 is 1.02 bits per heavy atom. The van der Waals surface area contributed by atoms with Gasteiger partial charge in [0, 0.05) is 75.2 Å². The van der Waals surface area contributed by atoms with Gasteiger partial charge in [0.2, 0.25) is 5.95 Å². The van der Waals surface area contributed by atoms with E-state index in [1.807, 2.05) is 23.1 Å². The standard InChI is InChI=1S/C30H37N9O2S/c1-20-24-26(28(38-13-15-41-16-14-38)35-27(34-24)23-18-32-30(31)33-19-23)42-25(20)21-5-4-6-22(17-21)29(40)39-11-9-37(10-12-39)8-7-36(2)3/h4-6,17-19H,7-16H2,1-3H3,(H2,31,32,33). The molecule has 2 fully saturated rings. The van der Waals surface area contributed by atoms with Gasteiger partial charge in [-0.25, -0.2) is 19.9 Å². The number of morpholine rings is 1. The first-order valence-corrected chi connectivity index (χ1v) is 15.2. The number of fused-ring (bicyclic) bond motifs is 1. The van der Waals surface area contributed by atoms with Crippen molar-refractivity contribution in [2.24, 2.45) is 0 Å². The van der Waals surface area contributed by atoms with Crippen molar-refractivity contribution in [1.82, 2.24) is 34.6 Å². The largest absolute Gasteiger partial charge is 0.378 e. The predicted octanol–water partition coefficient (Wildman–Crippen LogP) is 2.86. The number of piperazine rings is 1. The van der Waals surface area contributed by atoms with Crippen LogP contribution in [0.15, 0.2) is 36.7 Å². The van der Waals surface area contributed by atoms with E-state index in [0.29, 0.717) is 30.2 Å². The number of benzene rings is 1. The van der Waals surface area contributed by atoms with Crippen LogP contribution < -0.4 is 10.6 Å². The highest BCUT2D eigenvalue weighted by Gasteiger charge is 2.25. The number of hydrogen-bond donors (Lipinski definition) is 1. The Balaban J connectivity index is 1.31. The number of aromatic nitrogens is 4. The fraction of sp³-hybridized carbons (Fsp3) is 0.433. The average molecular weight is 588 g/mol. The Labute approximate surface area is 249 Å². The minimum absolute atomic E-state index is 0.0855. The first-order chi connectivity index (χ1) is 20.4. The van der Waals surface area contributed by atoms with E-state index in [1.54, 1.807) is 23.7 Å². The summed E-state index contributed by atoms with van der Waals surface area (Å²) in [6.07, 6.45) is 3.32. The number of nitrogen functional groups attached to an aromatic ring is 1. The van der Waals surface area contributed by atoms with Gasteiger partial charge in [-0.3, -0.25) is 9.69 Å². The van der Waals surface area contributed by atoms with Crippen molar-refractivity contribution in [3.8, 4) is 21.8 Å². The Hall–Kier alpha value is -3.71. The molecule has 2 aliphatic rings. The number of ether oxygens (including phenoxy) is 1. The molecule has 5 heterocycles. The summed E-state index contributed by atoms with van der Waals surface area (Å²) in [6, 6.07) is 8.00. The third kappa shape index (κ3) is 5.93. The lowest BCUT2D eigenvalue weighted by Crippen LogP contribution is -2.49. The van der Waals surface area contributed by atoms with E-state index in [0.717, 1.165) is 84.4 Å². The molecule has 0 radical (unpaired) electrons. The second-order valence-electron chi connectivity index (χ2n) is 11.1. The molecule has 2 saturated heterocycles. The number of likely N-dealkylation sites (N-methyl/N-ethyl adjacent to an activating group) is 1. The molecule has 1 amide bonds. The highest BCUT2D eigenvalue weighted by atomic mass is 32.1. The highest BCUT2D eigenvalue weighted by Crippen LogP contribution is 2.42. The van der Waals surface area contributed by atoms with Gasteiger partial charge < -0.3 is 25.2 Å². The second kappa shape index (κ2) is 12.3. The summed E-state index contributed by atoms with van der Waals surface area (Å²) >= 11 is 1.67. The van der Waals surface area contributed by atoms with Crippen LogP contribution in [0.25, 0.3) is 32.0 Å². The van der Waals surface area contributed by atoms with Gasteiger partial charge in [-0.2, -0.15) is 0 Å². The van der Waals surface area contributed by atoms with Gasteiger partial charge in [0.05, 0.1) is 29.0 Å². The van der Waals surface area contributed by atoms with Gasteiger partial charge in [-0.1, -0.05) is 12.1 Å². The Morgan fingerprint density at radius 2 is 1.76 bits per heavy atom. The lowest BCUT2D eigenvalue weighted by Gasteiger charge is -2.35. The Morgan fingerprint density at radius 3 is 2.48 bits per heavy atom. The molecule has 0 unspecified atom stereocenters. The number of carbonyl (C=O) groups excluding carboxylic acids is 1. The lowest BCUT2D eigenvalue weighted by atomic mass is 10.1. The smallest absolute Gasteiger partial charge is 0.253 e. The number of amides is 1. The fourth-order valence-electron chi connectivity index (χ4n) is 5.41. The predicted molar refractivity (Wildman–Crippen MR) is 167 cm³/mol. The topological polar surface area (TPSA) is 117 Å². The molecular weight excluding hydrogens is 550 g/mol. The SMILES string of the molecule is Cc1c(-c2cccc(C(=O)N3CCN(CCN(C)C)CC3)c2)sc2c(N3CCOCC3)nc(-c3cnc(N)nc3)nc12. The van der Waals surface area contributed by atoms with E-state index in [-0.39, 0.29) is 11.9 Å². The summed E-state index contributed by atoms with van der Waals surface area (Å²) in [7, 11) is 4.18. The van der Waals surface area contributed by atoms with Gasteiger partial charge in [-0.05, 0) is 44.3 Å². The molecule has 4 aromatic rings. The highest BCUT2D eigenvalue weighted by molar-refractivity contribution is 7.23. The molecule has 12 heteroatoms. The monoisotopic (exact) mass is 587 g/mol. The summed E-state index contributed by atoms with van der Waals surface area (Å²) in [6.45, 7) is 10.2. The fourth-order valence-corrected chi connectivity index (χ4v) is 6.67. The van der Waals surface area contributed by atoms with Crippen LogP contribution in [0.3, 0.4) is 0 Å². The molecule has 2 N–H and O–H groups in total. The number of aryl methyl sites for hydroxylation is 1. The minimum Gasteiger partial charge on any atom is -0.378 e. The van der Waals surface area contributed by atoms with Crippen molar-refractivity contribution < 1.29 is 9.53 Å². The van der Waals surface area contributed by atoms with Crippen molar-refractivity contribution in [3.63, 3.8) is 0 Å². The van der Waals surface area contributed by atoms with E-state index >= 15 is 0 Å². The Bertz CT molecular complexity index is 1560. The summed E-state index contributed by atoms with van der Waals surface area (Å²) in [5.41, 5.74) is 10.1. The molecule has 3 aromatic heterocycles. The maximum atomic E-state index is 13.5. The zero-order chi connectivity index (χ0) is 29.2. The van der Waals surface area contributed by atoms with Crippen molar-refractivity contribution in [3.05, 3.63) is 47.8 Å². The third-order valence-corrected chi connectivity index (χ3v) is 9.21. The number of anilines is 2. The van der Waals surface area contributed by atoms with Crippen LogP contribution in [0.5, 0.6) is 0 Å². The molecule has 0 saturated carbocycles. The van der Waals surface area contributed by atoms with Crippen molar-refractivity contribution in [2.45, 2.75) is 6.92 Å². The molecule has 220 valence electrons. The van der Waals surface area contributed by atoms with Crippen LogP contribution in [0.2, 0.25) is 0 Å². The molecule has 0 bridgehead atoms. The molecule has 0 atom stereocenters. The van der Waals surface area contributed by atoms with Gasteiger partial charge >= 0.3 is 0 Å². The van der Waals surface area contributed by atoms with Crippen molar-refractivity contribution in [2.75, 3.05) is 90.3 Å². The van der Waals surface area contributed by atoms with Gasteiger partial charge in [0.1, 0.15) is 0 Å². The van der Waals surface area contributed by atoms with E-state index in [4.69, 9.17) is 20.4 Å². The maximum Gasteiger partial charge on any atom is 0.253 e. The second-order valence-corrected chi connectivity index (χ2v) is 12.1. The van der Waals surface area contributed by atoms with Crippen molar-refractivity contribution in [1.29, 1.82) is 0 Å². The molecular formula is C30H37N9O2S. The quantitative estimate of drug-likeness (QED) is 0.346. The zero-order valence-electron chi connectivity index (χ0n) is 24.4. The van der Waals surface area contributed by atoms with Crippen LogP contribution in [0.4, 0.5) is 11.8 Å². The normalized spacial score (nSPS) is 16.5. The minimum atomic E-state index is 0.0855. The number of nitrogens with zero attached hydrogens (tertiary/aromatic N) is 8. The molecule has 0 aliphatic carbocycles. The molecule has 42 heavy (non-hydrogen) atoms. The summed E-state index contributed by atoms with van der Waals surface area (Å²) < 4.78 is 6.64. The zero-order valence-corrected chi connectivity index (χ0v) is 25.2. The summed E-state index contributed by atoms with van der Waals surface area (Å²) in [5, 5.41) is 0. The molecule has 1 aromatic carbocycles. The van der Waals surface area contributed by atoms with E-state index in [1.165, 1.54) is 0 Å². The van der Waals surface area contributed by atoms with Crippen molar-refractivity contribution >= 4 is 39.2 Å². The average Bonchev–Trinajstić information content (AvgIpc) is 3.36. The van der Waals surface area contributed by atoms with Gasteiger partial charge in [-0.15, -0.1) is 11.3 Å². The van der Waals surface area contributed by atoms with E-state index < -0.39 is 0 Å². The molecule has 11 nitrogen and oxygen atoms in total. The van der Waals surface area contributed by atoms with Crippen LogP contribution in [-0.2, 0) is 4.74 Å². The lowest BCUT2D eigenvalue weighted by molar-refractivity contribution is 0.0630. The summed E-state index contributed by atoms with van der Waals surface area (Å²) in [4.78, 5) is 41.8.